The molecule has 0 saturated carbocycles. The summed E-state index contributed by atoms with van der Waals surface area (Å²) in [7, 11) is 1.93. The van der Waals surface area contributed by atoms with E-state index >= 15 is 0 Å². The van der Waals surface area contributed by atoms with Crippen LogP contribution in [0.25, 0.3) is 0 Å². The first-order chi connectivity index (χ1) is 12.8. The third kappa shape index (κ3) is 7.05. The summed E-state index contributed by atoms with van der Waals surface area (Å²) >= 11 is 11.9. The lowest BCUT2D eigenvalue weighted by Crippen LogP contribution is -3.08. The quantitative estimate of drug-likeness (QED) is 0.335. The predicted octanol–water partition coefficient (Wildman–Crippen LogP) is 2.14. The molecule has 0 heterocycles. The van der Waals surface area contributed by atoms with Gasteiger partial charge in [0, 0.05) is 36.5 Å². The number of hydrogen-bond donors (Lipinski definition) is 3. The van der Waals surface area contributed by atoms with Crippen molar-refractivity contribution in [1.29, 1.82) is 0 Å². The largest absolute Gasteiger partial charge is 0.383 e. The third-order valence-electron chi connectivity index (χ3n) is 3.81. The fraction of sp³-hybridized carbons (Fsp3) is 0.278. The molecule has 0 bridgehead atoms. The second kappa shape index (κ2) is 10.1. The number of nitro benzene ring substituents is 1. The second-order valence-electron chi connectivity index (χ2n) is 6.14. The number of non-ortho nitro benzene ring substituents is 1. The van der Waals surface area contributed by atoms with E-state index in [0.29, 0.717) is 36.2 Å². The molecule has 0 aliphatic heterocycles. The Bertz CT molecular complexity index is 800. The highest BCUT2D eigenvalue weighted by Gasteiger charge is 2.11. The molecule has 0 fully saturated rings. The van der Waals surface area contributed by atoms with Gasteiger partial charge in [-0.25, -0.2) is 0 Å². The van der Waals surface area contributed by atoms with Gasteiger partial charge in [-0.2, -0.15) is 0 Å². The van der Waals surface area contributed by atoms with Gasteiger partial charge >= 0.3 is 0 Å². The van der Waals surface area contributed by atoms with Gasteiger partial charge in [0.25, 0.3) is 11.6 Å². The van der Waals surface area contributed by atoms with Crippen molar-refractivity contribution in [2.75, 3.05) is 32.0 Å². The number of likely N-dealkylation sites (N-methyl/N-ethyl adjacent to an activating group) is 1. The first-order valence-electron chi connectivity index (χ1n) is 8.35. The number of quaternary nitrogens is 1. The topological polar surface area (TPSA) is 88.7 Å². The van der Waals surface area contributed by atoms with Crippen molar-refractivity contribution in [3.8, 4) is 0 Å². The molecule has 1 amide bonds. The molecule has 3 N–H and O–H groups in total. The number of anilines is 1. The van der Waals surface area contributed by atoms with E-state index in [1.165, 1.54) is 12.1 Å². The first kappa shape index (κ1) is 21.0. The molecule has 0 aliphatic rings. The number of hydrogen-bond acceptors (Lipinski definition) is 4. The number of halogens is 2. The van der Waals surface area contributed by atoms with Crippen LogP contribution in [-0.2, 0) is 11.3 Å². The summed E-state index contributed by atoms with van der Waals surface area (Å²) in [5.74, 6) is -0.0574. The molecule has 1 atom stereocenters. The van der Waals surface area contributed by atoms with E-state index in [0.717, 1.165) is 16.2 Å². The van der Waals surface area contributed by atoms with Gasteiger partial charge in [0.2, 0.25) is 0 Å². The van der Waals surface area contributed by atoms with Crippen LogP contribution in [0.15, 0.2) is 42.5 Å². The first-order valence-corrected chi connectivity index (χ1v) is 9.11. The van der Waals surface area contributed by atoms with E-state index in [2.05, 4.69) is 10.6 Å². The zero-order valence-electron chi connectivity index (χ0n) is 14.8. The SMILES string of the molecule is C[NH+](CC(=O)NCCNc1ccc([N+](=O)[O-])cc1)Cc1ccc(Cl)c(Cl)c1. The Kier molecular flexibility index (Phi) is 7.84. The number of benzene rings is 2. The molecule has 0 aliphatic carbocycles. The molecule has 0 spiro atoms. The van der Waals surface area contributed by atoms with Crippen LogP contribution >= 0.6 is 23.2 Å². The van der Waals surface area contributed by atoms with Crippen LogP contribution in [0.3, 0.4) is 0 Å². The summed E-state index contributed by atoms with van der Waals surface area (Å²) < 4.78 is 0. The van der Waals surface area contributed by atoms with Crippen LogP contribution < -0.4 is 15.5 Å². The fourth-order valence-corrected chi connectivity index (χ4v) is 2.83. The van der Waals surface area contributed by atoms with Crippen molar-refractivity contribution in [3.63, 3.8) is 0 Å². The highest BCUT2D eigenvalue weighted by molar-refractivity contribution is 6.42. The van der Waals surface area contributed by atoms with Crippen LogP contribution in [0.5, 0.6) is 0 Å². The Labute approximate surface area is 167 Å². The van der Waals surface area contributed by atoms with Gasteiger partial charge in [-0.15, -0.1) is 0 Å². The standard InChI is InChI=1S/C18H20Cl2N4O3/c1-23(11-13-2-7-16(19)17(20)10-13)12-18(25)22-9-8-21-14-3-5-15(6-4-14)24(26)27/h2-7,10,21H,8-9,11-12H2,1H3,(H,22,25)/p+1. The molecule has 9 heteroatoms. The smallest absolute Gasteiger partial charge is 0.275 e. The third-order valence-corrected chi connectivity index (χ3v) is 4.55. The van der Waals surface area contributed by atoms with Gasteiger partial charge in [-0.3, -0.25) is 14.9 Å². The van der Waals surface area contributed by atoms with Gasteiger partial charge in [0.05, 0.1) is 22.0 Å². The van der Waals surface area contributed by atoms with E-state index < -0.39 is 4.92 Å². The Hall–Kier alpha value is -2.35. The molecule has 1 unspecified atom stereocenters. The highest BCUT2D eigenvalue weighted by Crippen LogP contribution is 2.22. The lowest BCUT2D eigenvalue weighted by atomic mass is 10.2. The molecule has 2 aromatic carbocycles. The molecule has 27 heavy (non-hydrogen) atoms. The fourth-order valence-electron chi connectivity index (χ4n) is 2.51. The number of amides is 1. The summed E-state index contributed by atoms with van der Waals surface area (Å²) in [6.07, 6.45) is 0. The Morgan fingerprint density at radius 2 is 1.81 bits per heavy atom. The lowest BCUT2D eigenvalue weighted by molar-refractivity contribution is -0.885. The van der Waals surface area contributed by atoms with Crippen molar-refractivity contribution in [1.82, 2.24) is 5.32 Å². The number of nitrogens with zero attached hydrogens (tertiary/aromatic N) is 1. The van der Waals surface area contributed by atoms with Crippen LogP contribution in [0, 0.1) is 10.1 Å². The number of carbonyl (C=O) groups excluding carboxylic acids is 1. The van der Waals surface area contributed by atoms with E-state index in [4.69, 9.17) is 23.2 Å². The van der Waals surface area contributed by atoms with E-state index in [-0.39, 0.29) is 11.6 Å². The number of nitro groups is 1. The van der Waals surface area contributed by atoms with Crippen LogP contribution in [0.2, 0.25) is 10.0 Å². The summed E-state index contributed by atoms with van der Waals surface area (Å²) in [5, 5.41) is 17.6. The minimum atomic E-state index is -0.444. The van der Waals surface area contributed by atoms with Gasteiger partial charge in [0.15, 0.2) is 6.54 Å². The van der Waals surface area contributed by atoms with Gasteiger partial charge in [0.1, 0.15) is 6.54 Å². The highest BCUT2D eigenvalue weighted by atomic mass is 35.5. The molecule has 0 saturated heterocycles. The minimum Gasteiger partial charge on any atom is -0.383 e. The van der Waals surface area contributed by atoms with E-state index in [9.17, 15) is 14.9 Å². The number of nitrogens with one attached hydrogen (secondary N) is 3. The lowest BCUT2D eigenvalue weighted by Gasteiger charge is -2.14. The minimum absolute atomic E-state index is 0.0434. The van der Waals surface area contributed by atoms with Crippen molar-refractivity contribution in [2.45, 2.75) is 6.54 Å². The number of carbonyl (C=O) groups is 1. The summed E-state index contributed by atoms with van der Waals surface area (Å²) in [6.45, 7) is 1.97. The molecule has 144 valence electrons. The average Bonchev–Trinajstić information content (AvgIpc) is 2.62. The molecule has 0 radical (unpaired) electrons. The Morgan fingerprint density at radius 1 is 1.11 bits per heavy atom. The normalized spacial score (nSPS) is 11.7. The zero-order chi connectivity index (χ0) is 19.8. The van der Waals surface area contributed by atoms with Crippen LogP contribution in [-0.4, -0.2) is 37.5 Å². The molecular weight excluding hydrogens is 391 g/mol. The maximum absolute atomic E-state index is 12.0. The molecule has 7 nitrogen and oxygen atoms in total. The zero-order valence-corrected chi connectivity index (χ0v) is 16.3. The molecule has 2 aromatic rings. The van der Waals surface area contributed by atoms with E-state index in [1.807, 2.05) is 13.1 Å². The maximum atomic E-state index is 12.0. The maximum Gasteiger partial charge on any atom is 0.275 e. The van der Waals surface area contributed by atoms with Crippen molar-refractivity contribution < 1.29 is 14.6 Å². The monoisotopic (exact) mass is 411 g/mol. The molecular formula is C18H21Cl2N4O3+. The Balaban J connectivity index is 1.67. The summed E-state index contributed by atoms with van der Waals surface area (Å²) in [4.78, 5) is 23.2. The molecule has 0 aromatic heterocycles. The summed E-state index contributed by atoms with van der Waals surface area (Å²) in [5.41, 5.74) is 1.81. The Morgan fingerprint density at radius 3 is 2.44 bits per heavy atom. The van der Waals surface area contributed by atoms with E-state index in [1.54, 1.807) is 24.3 Å². The van der Waals surface area contributed by atoms with Crippen LogP contribution in [0.1, 0.15) is 5.56 Å². The van der Waals surface area contributed by atoms with Crippen molar-refractivity contribution >= 4 is 40.5 Å². The second-order valence-corrected chi connectivity index (χ2v) is 6.95. The van der Waals surface area contributed by atoms with Crippen molar-refractivity contribution in [3.05, 3.63) is 68.2 Å². The summed E-state index contributed by atoms with van der Waals surface area (Å²) in [6, 6.07) is 11.6. The van der Waals surface area contributed by atoms with Crippen molar-refractivity contribution in [2.24, 2.45) is 0 Å². The predicted molar refractivity (Wildman–Crippen MR) is 107 cm³/mol. The van der Waals surface area contributed by atoms with Crippen LogP contribution in [0.4, 0.5) is 11.4 Å². The average molecular weight is 412 g/mol. The van der Waals surface area contributed by atoms with Gasteiger partial charge < -0.3 is 15.5 Å². The van der Waals surface area contributed by atoms with Gasteiger partial charge in [-0.05, 0) is 24.3 Å². The number of rotatable bonds is 9. The van der Waals surface area contributed by atoms with Gasteiger partial charge in [-0.1, -0.05) is 29.3 Å². The molecule has 2 rings (SSSR count).